The van der Waals surface area contributed by atoms with E-state index in [4.69, 9.17) is 9.47 Å². The van der Waals surface area contributed by atoms with Gasteiger partial charge in [0.2, 0.25) is 0 Å². The number of nitrogens with zero attached hydrogens (tertiary/aromatic N) is 2. The van der Waals surface area contributed by atoms with Crippen LogP contribution in [0.1, 0.15) is 33.6 Å². The molecule has 0 spiro atoms. The van der Waals surface area contributed by atoms with Crippen LogP contribution < -0.4 is 10.1 Å². The number of ether oxygens (including phenoxy) is 2. The van der Waals surface area contributed by atoms with Gasteiger partial charge in [0.05, 0.1) is 12.5 Å². The molecule has 124 valence electrons. The summed E-state index contributed by atoms with van der Waals surface area (Å²) in [6.45, 7) is 5.55. The Morgan fingerprint density at radius 3 is 2.87 bits per heavy atom. The fourth-order valence-electron chi connectivity index (χ4n) is 2.50. The van der Waals surface area contributed by atoms with Gasteiger partial charge in [-0.15, -0.1) is 0 Å². The third-order valence-corrected chi connectivity index (χ3v) is 3.99. The topological polar surface area (TPSA) is 64.9 Å². The normalized spacial score (nSPS) is 20.9. The smallest absolute Gasteiger partial charge is 0.407 e. The molecule has 2 heterocycles. The Balaban J connectivity index is 1.54. The molecular formula is C16H20BrN3O3. The first-order chi connectivity index (χ1) is 10.8. The van der Waals surface area contributed by atoms with E-state index in [2.05, 4.69) is 26.2 Å². The molecule has 2 aromatic rings. The van der Waals surface area contributed by atoms with Crippen molar-refractivity contribution in [1.29, 1.82) is 0 Å². The SMILES string of the molecule is CC(C)(C)OC(=O)NC1CC(Oc2cc(Br)cn3cncc23)C1. The summed E-state index contributed by atoms with van der Waals surface area (Å²) in [7, 11) is 0. The van der Waals surface area contributed by atoms with Crippen LogP contribution in [0, 0.1) is 0 Å². The fourth-order valence-corrected chi connectivity index (χ4v) is 2.92. The highest BCUT2D eigenvalue weighted by Gasteiger charge is 2.33. The molecule has 0 aliphatic heterocycles. The number of hydrogen-bond acceptors (Lipinski definition) is 4. The molecule has 1 amide bonds. The maximum atomic E-state index is 11.7. The van der Waals surface area contributed by atoms with Crippen LogP contribution in [0.2, 0.25) is 0 Å². The molecule has 1 N–H and O–H groups in total. The summed E-state index contributed by atoms with van der Waals surface area (Å²) in [6, 6.07) is 2.04. The van der Waals surface area contributed by atoms with E-state index in [0.717, 1.165) is 28.6 Å². The summed E-state index contributed by atoms with van der Waals surface area (Å²) < 4.78 is 14.1. The first-order valence-electron chi connectivity index (χ1n) is 7.57. The van der Waals surface area contributed by atoms with Gasteiger partial charge < -0.3 is 19.2 Å². The minimum atomic E-state index is -0.479. The van der Waals surface area contributed by atoms with Crippen molar-refractivity contribution < 1.29 is 14.3 Å². The van der Waals surface area contributed by atoms with E-state index in [-0.39, 0.29) is 18.2 Å². The maximum absolute atomic E-state index is 11.7. The Bertz CT molecular complexity index is 717. The van der Waals surface area contributed by atoms with Crippen molar-refractivity contribution in [1.82, 2.24) is 14.7 Å². The number of fused-ring (bicyclic) bond motifs is 1. The van der Waals surface area contributed by atoms with Crippen LogP contribution in [0.25, 0.3) is 5.52 Å². The number of carbonyl (C=O) groups excluding carboxylic acids is 1. The van der Waals surface area contributed by atoms with E-state index in [1.165, 1.54) is 0 Å². The number of alkyl carbamates (subject to hydrolysis) is 1. The van der Waals surface area contributed by atoms with E-state index >= 15 is 0 Å². The molecule has 1 aliphatic rings. The molecule has 0 atom stereocenters. The standard InChI is InChI=1S/C16H20BrN3O3/c1-16(2,3)23-15(21)19-11-5-12(6-11)22-14-4-10(17)8-20-9-18-7-13(14)20/h4,7-9,11-12H,5-6H2,1-3H3,(H,19,21). The first kappa shape index (κ1) is 16.1. The van der Waals surface area contributed by atoms with Crippen LogP contribution in [0.3, 0.4) is 0 Å². The van der Waals surface area contributed by atoms with Crippen LogP contribution in [0.4, 0.5) is 4.79 Å². The van der Waals surface area contributed by atoms with Gasteiger partial charge in [-0.05, 0) is 42.8 Å². The van der Waals surface area contributed by atoms with Gasteiger partial charge in [0.15, 0.2) is 0 Å². The highest BCUT2D eigenvalue weighted by atomic mass is 79.9. The third kappa shape index (κ3) is 3.96. The Hall–Kier alpha value is -1.76. The van der Waals surface area contributed by atoms with Crippen molar-refractivity contribution in [2.45, 2.75) is 51.4 Å². The van der Waals surface area contributed by atoms with Crippen molar-refractivity contribution in [3.05, 3.63) is 29.3 Å². The number of amides is 1. The third-order valence-electron chi connectivity index (χ3n) is 3.56. The second kappa shape index (κ2) is 6.03. The molecule has 0 unspecified atom stereocenters. The zero-order valence-corrected chi connectivity index (χ0v) is 15.0. The molecule has 0 aromatic carbocycles. The van der Waals surface area contributed by atoms with Gasteiger partial charge >= 0.3 is 6.09 Å². The average Bonchev–Trinajstić information content (AvgIpc) is 2.81. The van der Waals surface area contributed by atoms with E-state index in [1.807, 2.05) is 37.4 Å². The van der Waals surface area contributed by atoms with Crippen LogP contribution in [-0.2, 0) is 4.74 Å². The minimum absolute atomic E-state index is 0.0861. The van der Waals surface area contributed by atoms with Gasteiger partial charge in [0, 0.05) is 29.6 Å². The Kier molecular flexibility index (Phi) is 4.23. The van der Waals surface area contributed by atoms with Crippen molar-refractivity contribution in [3.8, 4) is 5.75 Å². The van der Waals surface area contributed by atoms with Crippen LogP contribution in [0.5, 0.6) is 5.75 Å². The number of hydrogen-bond donors (Lipinski definition) is 1. The lowest BCUT2D eigenvalue weighted by Crippen LogP contribution is -2.50. The van der Waals surface area contributed by atoms with Crippen molar-refractivity contribution in [2.24, 2.45) is 0 Å². The molecule has 3 rings (SSSR count). The van der Waals surface area contributed by atoms with Gasteiger partial charge in [-0.2, -0.15) is 0 Å². The lowest BCUT2D eigenvalue weighted by molar-refractivity contribution is 0.0364. The second-order valence-electron chi connectivity index (χ2n) is 6.76. The van der Waals surface area contributed by atoms with Gasteiger partial charge in [0.25, 0.3) is 0 Å². The summed E-state index contributed by atoms with van der Waals surface area (Å²) in [4.78, 5) is 15.9. The first-order valence-corrected chi connectivity index (χ1v) is 8.37. The molecule has 6 nitrogen and oxygen atoms in total. The number of aromatic nitrogens is 2. The minimum Gasteiger partial charge on any atom is -0.488 e. The molecule has 0 bridgehead atoms. The summed E-state index contributed by atoms with van der Waals surface area (Å²) in [5.41, 5.74) is 0.449. The van der Waals surface area contributed by atoms with Crippen molar-refractivity contribution >= 4 is 27.5 Å². The maximum Gasteiger partial charge on any atom is 0.407 e. The molecule has 0 radical (unpaired) electrons. The molecular weight excluding hydrogens is 362 g/mol. The number of carbonyl (C=O) groups is 1. The van der Waals surface area contributed by atoms with Gasteiger partial charge in [-0.1, -0.05) is 0 Å². The summed E-state index contributed by atoms with van der Waals surface area (Å²) in [5, 5.41) is 2.86. The molecule has 2 aromatic heterocycles. The van der Waals surface area contributed by atoms with E-state index < -0.39 is 5.60 Å². The van der Waals surface area contributed by atoms with Gasteiger partial charge in [-0.25, -0.2) is 9.78 Å². The summed E-state index contributed by atoms with van der Waals surface area (Å²) >= 11 is 3.47. The molecule has 0 saturated heterocycles. The van der Waals surface area contributed by atoms with Crippen molar-refractivity contribution in [3.63, 3.8) is 0 Å². The largest absolute Gasteiger partial charge is 0.488 e. The lowest BCUT2D eigenvalue weighted by atomic mass is 9.89. The van der Waals surface area contributed by atoms with Crippen LogP contribution in [0.15, 0.2) is 29.3 Å². The predicted molar refractivity (Wildman–Crippen MR) is 89.7 cm³/mol. The Morgan fingerprint density at radius 2 is 2.17 bits per heavy atom. The van der Waals surface area contributed by atoms with Crippen LogP contribution in [-0.4, -0.2) is 33.2 Å². The molecule has 1 aliphatic carbocycles. The Morgan fingerprint density at radius 1 is 1.43 bits per heavy atom. The molecule has 1 fully saturated rings. The molecule has 23 heavy (non-hydrogen) atoms. The van der Waals surface area contributed by atoms with Crippen LogP contribution >= 0.6 is 15.9 Å². The van der Waals surface area contributed by atoms with Gasteiger partial charge in [0.1, 0.15) is 23.0 Å². The number of nitrogens with one attached hydrogen (secondary N) is 1. The number of rotatable bonds is 3. The summed E-state index contributed by atoms with van der Waals surface area (Å²) in [5.74, 6) is 0.789. The average molecular weight is 382 g/mol. The van der Waals surface area contributed by atoms with E-state index in [0.29, 0.717) is 0 Å². The predicted octanol–water partition coefficient (Wildman–Crippen LogP) is 3.53. The van der Waals surface area contributed by atoms with E-state index in [1.54, 1.807) is 12.5 Å². The highest BCUT2D eigenvalue weighted by Crippen LogP contribution is 2.31. The monoisotopic (exact) mass is 381 g/mol. The fraction of sp³-hybridized carbons (Fsp3) is 0.500. The summed E-state index contributed by atoms with van der Waals surface area (Å²) in [6.07, 6.45) is 6.70. The number of pyridine rings is 1. The van der Waals surface area contributed by atoms with Crippen molar-refractivity contribution in [2.75, 3.05) is 0 Å². The quantitative estimate of drug-likeness (QED) is 0.882. The zero-order valence-electron chi connectivity index (χ0n) is 13.4. The highest BCUT2D eigenvalue weighted by molar-refractivity contribution is 9.10. The number of imidazole rings is 1. The lowest BCUT2D eigenvalue weighted by Gasteiger charge is -2.36. The molecule has 1 saturated carbocycles. The zero-order chi connectivity index (χ0) is 16.6. The van der Waals surface area contributed by atoms with E-state index in [9.17, 15) is 4.79 Å². The molecule has 7 heteroatoms. The van der Waals surface area contributed by atoms with Gasteiger partial charge in [-0.3, -0.25) is 0 Å². The Labute approximate surface area is 143 Å². The second-order valence-corrected chi connectivity index (χ2v) is 7.68. The number of halogens is 1.